The zero-order valence-corrected chi connectivity index (χ0v) is 11.9. The molecule has 1 atom stereocenters. The molecule has 0 bridgehead atoms. The monoisotopic (exact) mass is 287 g/mol. The van der Waals surface area contributed by atoms with Gasteiger partial charge in [-0.25, -0.2) is 8.78 Å². The van der Waals surface area contributed by atoms with E-state index in [1.807, 2.05) is 12.1 Å². The quantitative estimate of drug-likeness (QED) is 0.896. The molecule has 2 aromatic carbocycles. The third kappa shape index (κ3) is 3.30. The van der Waals surface area contributed by atoms with E-state index in [0.29, 0.717) is 5.92 Å². The fourth-order valence-electron chi connectivity index (χ4n) is 3.30. The smallest absolute Gasteiger partial charge is 0.123 e. The highest BCUT2D eigenvalue weighted by atomic mass is 19.1. The number of rotatable bonds is 3. The summed E-state index contributed by atoms with van der Waals surface area (Å²) in [6.07, 6.45) is 2.18. The Morgan fingerprint density at radius 1 is 0.952 bits per heavy atom. The molecule has 2 aromatic rings. The summed E-state index contributed by atoms with van der Waals surface area (Å²) < 4.78 is 27.2. The molecule has 1 N–H and O–H groups in total. The van der Waals surface area contributed by atoms with E-state index in [4.69, 9.17) is 0 Å². The molecule has 3 rings (SSSR count). The number of hydrogen-bond acceptors (Lipinski definition) is 1. The zero-order chi connectivity index (χ0) is 14.7. The molecule has 0 spiro atoms. The minimum absolute atomic E-state index is 0.0317. The van der Waals surface area contributed by atoms with Crippen molar-refractivity contribution >= 4 is 0 Å². The van der Waals surface area contributed by atoms with Gasteiger partial charge in [-0.3, -0.25) is 0 Å². The molecule has 1 aliphatic heterocycles. The first-order chi connectivity index (χ1) is 10.2. The van der Waals surface area contributed by atoms with Crippen LogP contribution in [0.4, 0.5) is 8.78 Å². The lowest BCUT2D eigenvalue weighted by Gasteiger charge is -2.31. The summed E-state index contributed by atoms with van der Waals surface area (Å²) in [7, 11) is 0. The Labute approximate surface area is 124 Å². The van der Waals surface area contributed by atoms with Crippen molar-refractivity contribution < 1.29 is 8.78 Å². The molecule has 0 unspecified atom stereocenters. The molecule has 0 aromatic heterocycles. The molecular weight excluding hydrogens is 268 g/mol. The highest BCUT2D eigenvalue weighted by molar-refractivity contribution is 5.34. The van der Waals surface area contributed by atoms with Gasteiger partial charge in [0.25, 0.3) is 0 Å². The van der Waals surface area contributed by atoms with Crippen molar-refractivity contribution in [2.45, 2.75) is 18.8 Å². The van der Waals surface area contributed by atoms with Gasteiger partial charge in [0.2, 0.25) is 0 Å². The second-order valence-corrected chi connectivity index (χ2v) is 5.69. The molecule has 3 heteroatoms. The van der Waals surface area contributed by atoms with Crippen LogP contribution < -0.4 is 5.32 Å². The second kappa shape index (κ2) is 6.35. The van der Waals surface area contributed by atoms with Crippen LogP contribution >= 0.6 is 0 Å². The maximum Gasteiger partial charge on any atom is 0.123 e. The molecule has 21 heavy (non-hydrogen) atoms. The van der Waals surface area contributed by atoms with Gasteiger partial charge in [-0.15, -0.1) is 0 Å². The average Bonchev–Trinajstić information content (AvgIpc) is 2.49. The number of benzene rings is 2. The molecule has 0 amide bonds. The predicted octanol–water partition coefficient (Wildman–Crippen LogP) is 4.10. The van der Waals surface area contributed by atoms with Gasteiger partial charge in [0.15, 0.2) is 0 Å². The number of hydrogen-bond donors (Lipinski definition) is 1. The Bertz CT molecular complexity index is 560. The van der Waals surface area contributed by atoms with Gasteiger partial charge in [0.1, 0.15) is 11.6 Å². The Kier molecular flexibility index (Phi) is 4.30. The molecule has 1 aliphatic rings. The number of halogens is 2. The lowest BCUT2D eigenvalue weighted by Crippen LogP contribution is -2.33. The van der Waals surface area contributed by atoms with Gasteiger partial charge >= 0.3 is 0 Å². The van der Waals surface area contributed by atoms with Crippen LogP contribution in [-0.4, -0.2) is 13.1 Å². The van der Waals surface area contributed by atoms with Gasteiger partial charge in [-0.1, -0.05) is 24.3 Å². The van der Waals surface area contributed by atoms with E-state index in [1.54, 1.807) is 24.3 Å². The first-order valence-electron chi connectivity index (χ1n) is 7.45. The fraction of sp³-hybridized carbons (Fsp3) is 0.333. The van der Waals surface area contributed by atoms with E-state index in [1.165, 1.54) is 12.1 Å². The van der Waals surface area contributed by atoms with Crippen LogP contribution in [0.15, 0.2) is 48.5 Å². The largest absolute Gasteiger partial charge is 0.316 e. The van der Waals surface area contributed by atoms with Crippen LogP contribution in [0.25, 0.3) is 0 Å². The van der Waals surface area contributed by atoms with Crippen LogP contribution in [-0.2, 0) is 0 Å². The Morgan fingerprint density at radius 3 is 2.05 bits per heavy atom. The van der Waals surface area contributed by atoms with Crippen LogP contribution in [0.2, 0.25) is 0 Å². The van der Waals surface area contributed by atoms with E-state index in [-0.39, 0.29) is 17.6 Å². The van der Waals surface area contributed by atoms with Crippen molar-refractivity contribution in [2.75, 3.05) is 13.1 Å². The topological polar surface area (TPSA) is 12.0 Å². The molecule has 1 saturated heterocycles. The summed E-state index contributed by atoms with van der Waals surface area (Å²) in [5.41, 5.74) is 1.85. The molecule has 1 nitrogen and oxygen atoms in total. The van der Waals surface area contributed by atoms with Crippen molar-refractivity contribution in [1.82, 2.24) is 5.32 Å². The standard InChI is InChI=1S/C18H19F2N/c19-16-7-1-4-13(10-16)18(15-6-3-9-21-12-15)14-5-2-8-17(20)11-14/h1-2,4-5,7-8,10-11,15,18,21H,3,6,9,12H2/t15-/m1/s1. The lowest BCUT2D eigenvalue weighted by molar-refractivity contribution is 0.345. The highest BCUT2D eigenvalue weighted by Gasteiger charge is 2.27. The van der Waals surface area contributed by atoms with Crippen molar-refractivity contribution in [2.24, 2.45) is 5.92 Å². The first kappa shape index (κ1) is 14.2. The summed E-state index contributed by atoms with van der Waals surface area (Å²) in [6, 6.07) is 13.4. The van der Waals surface area contributed by atoms with Crippen LogP contribution in [0.3, 0.4) is 0 Å². The summed E-state index contributed by atoms with van der Waals surface area (Å²) in [5, 5.41) is 3.40. The predicted molar refractivity (Wildman–Crippen MR) is 80.2 cm³/mol. The van der Waals surface area contributed by atoms with Crippen molar-refractivity contribution in [3.8, 4) is 0 Å². The number of nitrogens with one attached hydrogen (secondary N) is 1. The van der Waals surface area contributed by atoms with Gasteiger partial charge in [-0.05, 0) is 67.2 Å². The van der Waals surface area contributed by atoms with Crippen molar-refractivity contribution in [1.29, 1.82) is 0 Å². The number of piperidine rings is 1. The third-order valence-electron chi connectivity index (χ3n) is 4.22. The van der Waals surface area contributed by atoms with Crippen LogP contribution in [0.1, 0.15) is 29.9 Å². The Morgan fingerprint density at radius 2 is 1.57 bits per heavy atom. The minimum atomic E-state index is -0.238. The molecule has 1 fully saturated rings. The zero-order valence-electron chi connectivity index (χ0n) is 11.9. The van der Waals surface area contributed by atoms with E-state index < -0.39 is 0 Å². The molecule has 0 aliphatic carbocycles. The highest BCUT2D eigenvalue weighted by Crippen LogP contribution is 2.36. The van der Waals surface area contributed by atoms with E-state index in [2.05, 4.69) is 5.32 Å². The van der Waals surface area contributed by atoms with Crippen LogP contribution in [0.5, 0.6) is 0 Å². The normalized spacial score (nSPS) is 18.9. The summed E-state index contributed by atoms with van der Waals surface area (Å²) >= 11 is 0. The third-order valence-corrected chi connectivity index (χ3v) is 4.22. The summed E-state index contributed by atoms with van der Waals surface area (Å²) in [4.78, 5) is 0. The van der Waals surface area contributed by atoms with Crippen molar-refractivity contribution in [3.05, 3.63) is 71.3 Å². The van der Waals surface area contributed by atoms with Crippen molar-refractivity contribution in [3.63, 3.8) is 0 Å². The molecule has 0 radical (unpaired) electrons. The van der Waals surface area contributed by atoms with Gasteiger partial charge in [-0.2, -0.15) is 0 Å². The average molecular weight is 287 g/mol. The molecule has 1 heterocycles. The SMILES string of the molecule is Fc1cccc(C(c2cccc(F)c2)[C@@H]2CCCNC2)c1. The van der Waals surface area contributed by atoms with Gasteiger partial charge in [0, 0.05) is 5.92 Å². The van der Waals surface area contributed by atoms with E-state index in [0.717, 1.165) is 37.1 Å². The molecule has 0 saturated carbocycles. The second-order valence-electron chi connectivity index (χ2n) is 5.69. The Hall–Kier alpha value is -1.74. The summed E-state index contributed by atoms with van der Waals surface area (Å²) in [5.74, 6) is -0.0816. The lowest BCUT2D eigenvalue weighted by atomic mass is 9.77. The van der Waals surface area contributed by atoms with E-state index in [9.17, 15) is 8.78 Å². The van der Waals surface area contributed by atoms with Gasteiger partial charge < -0.3 is 5.32 Å². The molecule has 110 valence electrons. The Balaban J connectivity index is 2.01. The summed E-state index contributed by atoms with van der Waals surface area (Å²) in [6.45, 7) is 1.91. The maximum atomic E-state index is 13.6. The minimum Gasteiger partial charge on any atom is -0.316 e. The van der Waals surface area contributed by atoms with Crippen LogP contribution in [0, 0.1) is 17.6 Å². The molecular formula is C18H19F2N. The maximum absolute atomic E-state index is 13.6. The van der Waals surface area contributed by atoms with E-state index >= 15 is 0 Å². The first-order valence-corrected chi connectivity index (χ1v) is 7.45. The fourth-order valence-corrected chi connectivity index (χ4v) is 3.30. The van der Waals surface area contributed by atoms with Gasteiger partial charge in [0.05, 0.1) is 0 Å².